The quantitative estimate of drug-likeness (QED) is 0.392. The molecule has 204 valence electrons. The van der Waals surface area contributed by atoms with Crippen LogP contribution in [0.15, 0.2) is 12.1 Å². The number of likely N-dealkylation sites (tertiary alicyclic amines) is 1. The van der Waals surface area contributed by atoms with E-state index in [1.807, 2.05) is 26.0 Å². The third-order valence-corrected chi connectivity index (χ3v) is 7.23. The highest BCUT2D eigenvalue weighted by atomic mass is 16.6. The number of nitrogens with one attached hydrogen (secondary N) is 3. The largest absolute Gasteiger partial charge is 0.469 e. The van der Waals surface area contributed by atoms with Gasteiger partial charge in [0.25, 0.3) is 0 Å². The molecule has 0 aromatic carbocycles. The summed E-state index contributed by atoms with van der Waals surface area (Å²) in [4.78, 5) is 26.7. The van der Waals surface area contributed by atoms with Crippen molar-refractivity contribution in [1.82, 2.24) is 30.4 Å². The van der Waals surface area contributed by atoms with Crippen LogP contribution in [0, 0.1) is 6.92 Å². The first-order chi connectivity index (χ1) is 17.9. The summed E-state index contributed by atoms with van der Waals surface area (Å²) >= 11 is 0. The summed E-state index contributed by atoms with van der Waals surface area (Å²) in [5.41, 5.74) is 0.962. The van der Waals surface area contributed by atoms with Crippen LogP contribution < -0.4 is 20.3 Å². The number of carbonyl (C=O) groups excluding carboxylic acids is 1. The number of piperidine rings is 1. The fourth-order valence-corrected chi connectivity index (χ4v) is 5.23. The molecule has 3 atom stereocenters. The molecule has 2 saturated heterocycles. The third kappa shape index (κ3) is 6.89. The monoisotopic (exact) mass is 514 g/mol. The van der Waals surface area contributed by atoms with E-state index in [9.17, 15) is 4.79 Å². The summed E-state index contributed by atoms with van der Waals surface area (Å²) in [6.07, 6.45) is 5.01. The normalized spacial score (nSPS) is 22.4. The second-order valence-corrected chi connectivity index (χ2v) is 10.1. The molecular formula is C26H42N8O3. The highest BCUT2D eigenvalue weighted by Crippen LogP contribution is 2.33. The number of H-pyrrole nitrogens is 1. The number of anilines is 3. The Morgan fingerprint density at radius 2 is 1.97 bits per heavy atom. The molecule has 37 heavy (non-hydrogen) atoms. The maximum atomic E-state index is 12.5. The van der Waals surface area contributed by atoms with Crippen molar-refractivity contribution < 1.29 is 14.3 Å². The Morgan fingerprint density at radius 1 is 1.19 bits per heavy atom. The van der Waals surface area contributed by atoms with E-state index in [0.717, 1.165) is 37.8 Å². The maximum Gasteiger partial charge on any atom is 0.234 e. The molecule has 0 bridgehead atoms. The van der Waals surface area contributed by atoms with E-state index >= 15 is 0 Å². The number of hydrogen-bond donors (Lipinski definition) is 3. The van der Waals surface area contributed by atoms with Crippen LogP contribution in [0.2, 0.25) is 0 Å². The minimum Gasteiger partial charge on any atom is -0.469 e. The highest BCUT2D eigenvalue weighted by Gasteiger charge is 2.37. The van der Waals surface area contributed by atoms with Crippen molar-refractivity contribution in [3.8, 4) is 5.88 Å². The van der Waals surface area contributed by atoms with Crippen LogP contribution in [0.25, 0.3) is 0 Å². The lowest BCUT2D eigenvalue weighted by molar-refractivity contribution is -0.124. The van der Waals surface area contributed by atoms with Crippen molar-refractivity contribution in [1.29, 1.82) is 0 Å². The zero-order chi connectivity index (χ0) is 26.4. The van der Waals surface area contributed by atoms with Gasteiger partial charge < -0.3 is 25.0 Å². The summed E-state index contributed by atoms with van der Waals surface area (Å²) in [6.45, 7) is 10.6. The van der Waals surface area contributed by atoms with Crippen molar-refractivity contribution in [2.24, 2.45) is 0 Å². The van der Waals surface area contributed by atoms with Crippen LogP contribution in [-0.4, -0.2) is 88.6 Å². The van der Waals surface area contributed by atoms with Gasteiger partial charge in [-0.15, -0.1) is 0 Å². The number of aryl methyl sites for hydroxylation is 1. The second-order valence-electron chi connectivity index (χ2n) is 10.1. The molecule has 11 nitrogen and oxygen atoms in total. The molecule has 0 spiro atoms. The fraction of sp³-hybridized carbons (Fsp3) is 0.692. The zero-order valence-electron chi connectivity index (χ0n) is 22.8. The van der Waals surface area contributed by atoms with E-state index in [1.165, 1.54) is 0 Å². The van der Waals surface area contributed by atoms with Crippen molar-refractivity contribution in [3.63, 3.8) is 0 Å². The number of ether oxygens (including phenoxy) is 2. The number of carbonyl (C=O) groups is 1. The molecule has 2 aliphatic heterocycles. The maximum absolute atomic E-state index is 12.5. The van der Waals surface area contributed by atoms with Gasteiger partial charge in [0.1, 0.15) is 11.9 Å². The average Bonchev–Trinajstić information content (AvgIpc) is 3.26. The summed E-state index contributed by atoms with van der Waals surface area (Å²) in [6, 6.07) is 4.63. The number of amides is 1. The lowest BCUT2D eigenvalue weighted by Gasteiger charge is -2.47. The predicted octanol–water partition coefficient (Wildman–Crippen LogP) is 3.01. The van der Waals surface area contributed by atoms with Crippen LogP contribution >= 0.6 is 0 Å². The Labute approximate surface area is 219 Å². The van der Waals surface area contributed by atoms with Gasteiger partial charge in [0.05, 0.1) is 19.8 Å². The van der Waals surface area contributed by atoms with Crippen LogP contribution in [0.5, 0.6) is 5.88 Å². The predicted molar refractivity (Wildman–Crippen MR) is 143 cm³/mol. The Morgan fingerprint density at radius 3 is 2.59 bits per heavy atom. The summed E-state index contributed by atoms with van der Waals surface area (Å²) in [5, 5.41) is 13.5. The number of rotatable bonds is 12. The van der Waals surface area contributed by atoms with Crippen LogP contribution in [-0.2, 0) is 9.53 Å². The van der Waals surface area contributed by atoms with Gasteiger partial charge in [-0.2, -0.15) is 15.1 Å². The van der Waals surface area contributed by atoms with E-state index in [0.29, 0.717) is 61.9 Å². The molecular weight excluding hydrogens is 472 g/mol. The van der Waals surface area contributed by atoms with Crippen molar-refractivity contribution in [2.75, 3.05) is 43.6 Å². The summed E-state index contributed by atoms with van der Waals surface area (Å²) < 4.78 is 11.4. The molecule has 4 rings (SSSR count). The number of aromatic nitrogens is 4. The fourth-order valence-electron chi connectivity index (χ4n) is 5.23. The van der Waals surface area contributed by atoms with Gasteiger partial charge in [-0.1, -0.05) is 20.3 Å². The Hall–Kier alpha value is -2.92. The molecule has 0 aliphatic carbocycles. The number of aromatic amines is 1. The molecule has 11 heteroatoms. The van der Waals surface area contributed by atoms with Gasteiger partial charge in [0, 0.05) is 49.5 Å². The topological polar surface area (TPSA) is 121 Å². The van der Waals surface area contributed by atoms with Gasteiger partial charge in [-0.3, -0.25) is 14.8 Å². The SMILES string of the molecule is CCC[C@H]1C[C@H](N(C)c2nc(Nc3cc(C)[nH]n3)cc(OC3COC3)n2)C[C@@H](CC)N1CC(=O)NCC. The Kier molecular flexibility index (Phi) is 9.20. The summed E-state index contributed by atoms with van der Waals surface area (Å²) in [7, 11) is 2.06. The number of nitrogens with zero attached hydrogens (tertiary/aromatic N) is 5. The van der Waals surface area contributed by atoms with Crippen molar-refractivity contribution in [3.05, 3.63) is 17.8 Å². The first kappa shape index (κ1) is 27.1. The lowest BCUT2D eigenvalue weighted by Crippen LogP contribution is -2.56. The summed E-state index contributed by atoms with van der Waals surface area (Å²) in [5.74, 6) is 2.55. The first-order valence-corrected chi connectivity index (χ1v) is 13.6. The zero-order valence-corrected chi connectivity index (χ0v) is 22.8. The smallest absolute Gasteiger partial charge is 0.234 e. The van der Waals surface area contributed by atoms with Crippen LogP contribution in [0.3, 0.4) is 0 Å². The lowest BCUT2D eigenvalue weighted by atomic mass is 9.87. The molecule has 0 unspecified atom stereocenters. The first-order valence-electron chi connectivity index (χ1n) is 13.6. The molecule has 4 heterocycles. The molecule has 2 aromatic heterocycles. The van der Waals surface area contributed by atoms with Gasteiger partial charge in [-0.05, 0) is 39.5 Å². The Balaban J connectivity index is 1.56. The third-order valence-electron chi connectivity index (χ3n) is 7.23. The van der Waals surface area contributed by atoms with E-state index < -0.39 is 0 Å². The van der Waals surface area contributed by atoms with E-state index in [4.69, 9.17) is 19.4 Å². The van der Waals surface area contributed by atoms with Gasteiger partial charge in [0.15, 0.2) is 5.82 Å². The molecule has 2 aromatic rings. The van der Waals surface area contributed by atoms with Crippen LogP contribution in [0.4, 0.5) is 17.6 Å². The molecule has 2 fully saturated rings. The Bertz CT molecular complexity index is 1030. The number of likely N-dealkylation sites (N-methyl/N-ethyl adjacent to an activating group) is 1. The second kappa shape index (κ2) is 12.6. The van der Waals surface area contributed by atoms with E-state index in [2.05, 4.69) is 51.5 Å². The van der Waals surface area contributed by atoms with Crippen molar-refractivity contribution in [2.45, 2.75) is 84.0 Å². The molecule has 0 saturated carbocycles. The van der Waals surface area contributed by atoms with E-state index in [-0.39, 0.29) is 18.1 Å². The van der Waals surface area contributed by atoms with Gasteiger partial charge in [0.2, 0.25) is 17.7 Å². The standard InChI is InChI=1S/C26H42N8O3/c1-6-9-19-12-20(11-18(7-2)34(19)14-24(35)27-8-3)33(5)26-29-22(28-23-10-17(4)31-32-23)13-25(30-26)37-21-15-36-16-21/h10,13,18-21H,6-9,11-12,14-16H2,1-5H3,(H,27,35)(H2,28,29,30,31,32)/t18-,19+,20-/m1/s1. The molecule has 2 aliphatic rings. The minimum absolute atomic E-state index is 0.00412. The molecule has 1 amide bonds. The van der Waals surface area contributed by atoms with Gasteiger partial charge in [-0.25, -0.2) is 0 Å². The average molecular weight is 515 g/mol. The van der Waals surface area contributed by atoms with Crippen LogP contribution in [0.1, 0.15) is 58.6 Å². The van der Waals surface area contributed by atoms with E-state index in [1.54, 1.807) is 0 Å². The van der Waals surface area contributed by atoms with Crippen molar-refractivity contribution >= 4 is 23.5 Å². The highest BCUT2D eigenvalue weighted by molar-refractivity contribution is 5.78. The minimum atomic E-state index is 0.00412. The molecule has 0 radical (unpaired) electrons. The molecule has 3 N–H and O–H groups in total. The van der Waals surface area contributed by atoms with Gasteiger partial charge >= 0.3 is 0 Å². The number of hydrogen-bond acceptors (Lipinski definition) is 9.